The van der Waals surface area contributed by atoms with E-state index in [2.05, 4.69) is 10.3 Å². The lowest BCUT2D eigenvalue weighted by Crippen LogP contribution is -2.23. The van der Waals surface area contributed by atoms with Crippen LogP contribution in [0.3, 0.4) is 0 Å². The molecule has 7 heteroatoms. The first kappa shape index (κ1) is 19.1. The molecule has 156 valence electrons. The number of nitrogens with zero attached hydrogens (tertiary/aromatic N) is 3. The molecule has 0 atom stereocenters. The summed E-state index contributed by atoms with van der Waals surface area (Å²) in [6.07, 6.45) is 1.93. The molecular weight excluding hydrogens is 392 g/mol. The Morgan fingerprint density at radius 2 is 1.71 bits per heavy atom. The maximum absolute atomic E-state index is 13.2. The molecule has 1 saturated carbocycles. The molecule has 1 aliphatic rings. The smallest absolute Gasteiger partial charge is 0.295 e. The maximum atomic E-state index is 13.2. The highest BCUT2D eigenvalue weighted by Crippen LogP contribution is 2.43. The number of hydrogen-bond acceptors (Lipinski definition) is 4. The second kappa shape index (κ2) is 7.43. The van der Waals surface area contributed by atoms with E-state index in [1.54, 1.807) is 18.7 Å². The number of nitrogens with one attached hydrogen (secondary N) is 1. The summed E-state index contributed by atoms with van der Waals surface area (Å²) in [5, 5.41) is 2.80. The Hall–Kier alpha value is -3.87. The van der Waals surface area contributed by atoms with Gasteiger partial charge in [-0.25, -0.2) is 9.67 Å². The third kappa shape index (κ3) is 3.38. The molecule has 1 aliphatic carbocycles. The molecule has 1 amide bonds. The average molecular weight is 414 g/mol. The number of carbonyl (C=O) groups is 1. The summed E-state index contributed by atoms with van der Waals surface area (Å²) >= 11 is 0. The van der Waals surface area contributed by atoms with E-state index in [4.69, 9.17) is 4.42 Å². The number of rotatable bonds is 5. The average Bonchev–Trinajstić information content (AvgIpc) is 3.51. The number of para-hydroxylation sites is 1. The van der Waals surface area contributed by atoms with E-state index < -0.39 is 5.91 Å². The molecule has 2 aromatic carbocycles. The summed E-state index contributed by atoms with van der Waals surface area (Å²) in [6.45, 7) is 1.80. The van der Waals surface area contributed by atoms with Crippen LogP contribution in [0.25, 0.3) is 17.1 Å². The number of aromatic nitrogens is 3. The lowest BCUT2D eigenvalue weighted by Gasteiger charge is -2.07. The van der Waals surface area contributed by atoms with Gasteiger partial charge in [-0.2, -0.15) is 0 Å². The van der Waals surface area contributed by atoms with E-state index in [0.717, 1.165) is 24.1 Å². The van der Waals surface area contributed by atoms with Crippen molar-refractivity contribution >= 4 is 11.6 Å². The highest BCUT2D eigenvalue weighted by atomic mass is 16.4. The van der Waals surface area contributed by atoms with Crippen LogP contribution in [0.1, 0.15) is 40.7 Å². The van der Waals surface area contributed by atoms with Gasteiger partial charge in [-0.05, 0) is 44.0 Å². The summed E-state index contributed by atoms with van der Waals surface area (Å²) < 4.78 is 9.24. The van der Waals surface area contributed by atoms with E-state index in [-0.39, 0.29) is 22.9 Å². The van der Waals surface area contributed by atoms with Gasteiger partial charge < -0.3 is 9.73 Å². The first-order valence-electron chi connectivity index (χ1n) is 10.3. The van der Waals surface area contributed by atoms with Crippen molar-refractivity contribution in [3.63, 3.8) is 0 Å². The molecule has 0 bridgehead atoms. The molecule has 0 unspecified atom stereocenters. The van der Waals surface area contributed by atoms with Crippen LogP contribution < -0.4 is 10.9 Å². The van der Waals surface area contributed by atoms with E-state index >= 15 is 0 Å². The Morgan fingerprint density at radius 1 is 1.06 bits per heavy atom. The van der Waals surface area contributed by atoms with Crippen LogP contribution in [0.5, 0.6) is 0 Å². The Balaban J connectivity index is 1.52. The Kier molecular flexibility index (Phi) is 4.58. The minimum absolute atomic E-state index is 0.198. The molecule has 2 aromatic heterocycles. The zero-order valence-corrected chi connectivity index (χ0v) is 17.3. The SMILES string of the molecule is Cc1c(NC(=O)c2nc(-c3ccccc3)oc2C2CC2)c(=O)n(-c2ccccc2)n1C. The van der Waals surface area contributed by atoms with Crippen LogP contribution in [-0.4, -0.2) is 20.3 Å². The molecule has 1 fully saturated rings. The second-order valence-corrected chi connectivity index (χ2v) is 7.76. The highest BCUT2D eigenvalue weighted by molar-refractivity contribution is 6.04. The van der Waals surface area contributed by atoms with Gasteiger partial charge in [0.2, 0.25) is 5.89 Å². The topological polar surface area (TPSA) is 82.1 Å². The summed E-state index contributed by atoms with van der Waals surface area (Å²) in [6, 6.07) is 18.8. The van der Waals surface area contributed by atoms with Crippen molar-refractivity contribution < 1.29 is 9.21 Å². The molecule has 0 saturated heterocycles. The fraction of sp³-hybridized carbons (Fsp3) is 0.208. The van der Waals surface area contributed by atoms with Gasteiger partial charge in [-0.15, -0.1) is 0 Å². The number of oxazole rings is 1. The molecule has 2 heterocycles. The minimum atomic E-state index is -0.432. The third-order valence-electron chi connectivity index (χ3n) is 5.63. The molecule has 0 radical (unpaired) electrons. The normalized spacial score (nSPS) is 13.4. The first-order valence-corrected chi connectivity index (χ1v) is 10.3. The molecule has 5 rings (SSSR count). The van der Waals surface area contributed by atoms with Crippen molar-refractivity contribution in [2.45, 2.75) is 25.7 Å². The number of carbonyl (C=O) groups excluding carboxylic acids is 1. The second-order valence-electron chi connectivity index (χ2n) is 7.76. The minimum Gasteiger partial charge on any atom is -0.440 e. The molecule has 1 N–H and O–H groups in total. The van der Waals surface area contributed by atoms with Gasteiger partial charge in [-0.3, -0.25) is 14.3 Å². The fourth-order valence-electron chi connectivity index (χ4n) is 3.71. The quantitative estimate of drug-likeness (QED) is 0.529. The highest BCUT2D eigenvalue weighted by Gasteiger charge is 2.34. The van der Waals surface area contributed by atoms with Gasteiger partial charge in [0.15, 0.2) is 5.69 Å². The van der Waals surface area contributed by atoms with Crippen LogP contribution in [0.15, 0.2) is 69.9 Å². The molecule has 31 heavy (non-hydrogen) atoms. The van der Waals surface area contributed by atoms with Crippen LogP contribution in [0, 0.1) is 6.92 Å². The lowest BCUT2D eigenvalue weighted by molar-refractivity contribution is 0.102. The van der Waals surface area contributed by atoms with Crippen molar-refractivity contribution in [3.8, 4) is 17.1 Å². The summed E-state index contributed by atoms with van der Waals surface area (Å²) in [5.74, 6) is 0.773. The number of amides is 1. The molecule has 7 nitrogen and oxygen atoms in total. The van der Waals surface area contributed by atoms with Gasteiger partial charge in [0.1, 0.15) is 11.4 Å². The van der Waals surface area contributed by atoms with Crippen molar-refractivity contribution in [1.82, 2.24) is 14.3 Å². The maximum Gasteiger partial charge on any atom is 0.295 e. The van der Waals surface area contributed by atoms with Crippen LogP contribution in [0.2, 0.25) is 0 Å². The van der Waals surface area contributed by atoms with Crippen molar-refractivity contribution in [2.24, 2.45) is 7.05 Å². The molecular formula is C24H22N4O3. The summed E-state index contributed by atoms with van der Waals surface area (Å²) in [7, 11) is 1.79. The van der Waals surface area contributed by atoms with Crippen LogP contribution in [0.4, 0.5) is 5.69 Å². The van der Waals surface area contributed by atoms with E-state index in [1.165, 1.54) is 4.68 Å². The standard InChI is InChI=1S/C24H22N4O3/c1-15-19(24(30)28(27(15)2)18-11-7-4-8-12-18)25-22(29)20-21(16-13-14-16)31-23(26-20)17-9-5-3-6-10-17/h3-12,16H,13-14H2,1-2H3,(H,25,29). The molecule has 0 spiro atoms. The Morgan fingerprint density at radius 3 is 2.35 bits per heavy atom. The monoisotopic (exact) mass is 414 g/mol. The molecule has 0 aliphatic heterocycles. The van der Waals surface area contributed by atoms with E-state index in [0.29, 0.717) is 17.3 Å². The Labute approximate surface area is 178 Å². The Bertz CT molecular complexity index is 1310. The fourth-order valence-corrected chi connectivity index (χ4v) is 3.71. The van der Waals surface area contributed by atoms with Gasteiger partial charge in [0.25, 0.3) is 11.5 Å². The van der Waals surface area contributed by atoms with Crippen molar-refractivity contribution in [3.05, 3.63) is 88.2 Å². The van der Waals surface area contributed by atoms with Crippen molar-refractivity contribution in [1.29, 1.82) is 0 Å². The predicted molar refractivity (Wildman–Crippen MR) is 118 cm³/mol. The largest absolute Gasteiger partial charge is 0.440 e. The van der Waals surface area contributed by atoms with Crippen molar-refractivity contribution in [2.75, 3.05) is 5.32 Å². The zero-order valence-electron chi connectivity index (χ0n) is 17.3. The number of hydrogen-bond donors (Lipinski definition) is 1. The first-order chi connectivity index (χ1) is 15.0. The van der Waals surface area contributed by atoms with Gasteiger partial charge in [0, 0.05) is 18.5 Å². The van der Waals surface area contributed by atoms with Crippen LogP contribution in [-0.2, 0) is 7.05 Å². The number of anilines is 1. The molecule has 4 aromatic rings. The predicted octanol–water partition coefficient (Wildman–Crippen LogP) is 4.27. The third-order valence-corrected chi connectivity index (χ3v) is 5.63. The van der Waals surface area contributed by atoms with E-state index in [9.17, 15) is 9.59 Å². The van der Waals surface area contributed by atoms with Crippen LogP contribution >= 0.6 is 0 Å². The van der Waals surface area contributed by atoms with Gasteiger partial charge in [-0.1, -0.05) is 36.4 Å². The summed E-state index contributed by atoms with van der Waals surface area (Å²) in [4.78, 5) is 30.8. The number of benzene rings is 2. The van der Waals surface area contributed by atoms with Gasteiger partial charge in [0.05, 0.1) is 11.4 Å². The summed E-state index contributed by atoms with van der Waals surface area (Å²) in [5.41, 5.74) is 2.38. The lowest BCUT2D eigenvalue weighted by atomic mass is 10.2. The zero-order chi connectivity index (χ0) is 21.5. The van der Waals surface area contributed by atoms with E-state index in [1.807, 2.05) is 60.7 Å². The van der Waals surface area contributed by atoms with Gasteiger partial charge >= 0.3 is 0 Å².